The van der Waals surface area contributed by atoms with Gasteiger partial charge in [-0.25, -0.2) is 8.42 Å². The number of anilines is 2. The molecule has 1 heterocycles. The first-order valence-corrected chi connectivity index (χ1v) is 11.0. The van der Waals surface area contributed by atoms with Gasteiger partial charge in [0.15, 0.2) is 0 Å². The average Bonchev–Trinajstić information content (AvgIpc) is 2.92. The van der Waals surface area contributed by atoms with Gasteiger partial charge in [-0.3, -0.25) is 9.10 Å². The van der Waals surface area contributed by atoms with Crippen molar-refractivity contribution in [1.82, 2.24) is 0 Å². The third kappa shape index (κ3) is 3.65. The van der Waals surface area contributed by atoms with Gasteiger partial charge in [-0.15, -0.1) is 0 Å². The van der Waals surface area contributed by atoms with Gasteiger partial charge in [-0.2, -0.15) is 0 Å². The fourth-order valence-electron chi connectivity index (χ4n) is 3.64. The number of rotatable bonds is 7. The van der Waals surface area contributed by atoms with E-state index in [1.165, 1.54) is 4.31 Å². The Hall–Kier alpha value is -3.06. The first-order valence-electron chi connectivity index (χ1n) is 9.58. The molecule has 0 fully saturated rings. The molecule has 7 heteroatoms. The van der Waals surface area contributed by atoms with E-state index in [-0.39, 0.29) is 18.9 Å². The Morgan fingerprint density at radius 1 is 1.07 bits per heavy atom. The number of sulfonamides is 1. The van der Waals surface area contributed by atoms with E-state index in [1.807, 2.05) is 43.3 Å². The number of carbonyl (C=O) groups excluding carboxylic acids is 1. The molecule has 0 saturated heterocycles. The highest BCUT2D eigenvalue weighted by Crippen LogP contribution is 2.41. The highest BCUT2D eigenvalue weighted by atomic mass is 32.2. The highest BCUT2D eigenvalue weighted by molar-refractivity contribution is 7.93. The maximum Gasteiger partial charge on any atom is 0.265 e. The minimum atomic E-state index is -3.58. The normalized spacial score (nSPS) is 14.2. The summed E-state index contributed by atoms with van der Waals surface area (Å²) >= 11 is 0. The molecule has 1 N–H and O–H groups in total. The van der Waals surface area contributed by atoms with Crippen LogP contribution in [0.3, 0.4) is 0 Å². The zero-order valence-electron chi connectivity index (χ0n) is 16.1. The topological polar surface area (TPSA) is 75.7 Å². The first-order chi connectivity index (χ1) is 14.0. The van der Waals surface area contributed by atoms with Crippen molar-refractivity contribution in [3.63, 3.8) is 0 Å². The molecule has 29 heavy (non-hydrogen) atoms. The molecule has 1 aliphatic heterocycles. The monoisotopic (exact) mass is 410 g/mol. The van der Waals surface area contributed by atoms with Crippen LogP contribution in [0, 0.1) is 0 Å². The fraction of sp³-hybridized carbons (Fsp3) is 0.227. The van der Waals surface area contributed by atoms with E-state index in [9.17, 15) is 13.2 Å². The summed E-state index contributed by atoms with van der Waals surface area (Å²) in [4.78, 5) is 12.6. The largest absolute Gasteiger partial charge is 0.494 e. The Labute approximate surface area is 170 Å². The van der Waals surface area contributed by atoms with Gasteiger partial charge in [0, 0.05) is 30.1 Å². The number of hydrogen-bond donors (Lipinski definition) is 1. The van der Waals surface area contributed by atoms with Crippen LogP contribution in [0.2, 0.25) is 0 Å². The van der Waals surface area contributed by atoms with Crippen LogP contribution in [-0.4, -0.2) is 27.5 Å². The summed E-state index contributed by atoms with van der Waals surface area (Å²) < 4.78 is 32.7. The maximum absolute atomic E-state index is 12.9. The van der Waals surface area contributed by atoms with Gasteiger partial charge in [0.2, 0.25) is 5.91 Å². The lowest BCUT2D eigenvalue weighted by molar-refractivity contribution is -0.116. The van der Waals surface area contributed by atoms with Crippen molar-refractivity contribution in [3.8, 4) is 5.75 Å². The summed E-state index contributed by atoms with van der Waals surface area (Å²) in [5.74, 6) is 0.533. The van der Waals surface area contributed by atoms with E-state index in [4.69, 9.17) is 4.74 Å². The minimum absolute atomic E-state index is 0.161. The first kappa shape index (κ1) is 19.3. The van der Waals surface area contributed by atoms with Gasteiger partial charge in [-0.1, -0.05) is 30.3 Å². The summed E-state index contributed by atoms with van der Waals surface area (Å²) in [6.07, 6.45) is 0.637. The van der Waals surface area contributed by atoms with Crippen LogP contribution in [0.4, 0.5) is 11.4 Å². The lowest BCUT2D eigenvalue weighted by atomic mass is 10.1. The zero-order valence-corrected chi connectivity index (χ0v) is 16.9. The van der Waals surface area contributed by atoms with Crippen molar-refractivity contribution < 1.29 is 17.9 Å². The molecule has 0 bridgehead atoms. The molecule has 0 saturated carbocycles. The van der Waals surface area contributed by atoms with Gasteiger partial charge in [-0.05, 0) is 43.0 Å². The smallest absolute Gasteiger partial charge is 0.265 e. The number of hydrogen-bond acceptors (Lipinski definition) is 4. The number of carbonyl (C=O) groups is 1. The van der Waals surface area contributed by atoms with Crippen molar-refractivity contribution in [2.24, 2.45) is 0 Å². The molecular formula is C22H22N2O4S. The molecule has 0 unspecified atom stereocenters. The molecule has 4 rings (SSSR count). The standard InChI is InChI=1S/C22H22N2O4S/c1-2-28-18-10-5-9-17(15-18)23-21(25)13-6-14-24-19-11-3-7-16-8-4-12-20(22(16)19)29(24,26)27/h3-5,7-12,15H,2,6,13-14H2,1H3,(H,23,25). The third-order valence-corrected chi connectivity index (χ3v) is 6.73. The SMILES string of the molecule is CCOc1cccc(NC(=O)CCCN2c3cccc4cccc(c34)S2(=O)=O)c1. The van der Waals surface area contributed by atoms with Crippen LogP contribution in [0.25, 0.3) is 10.8 Å². The molecule has 6 nitrogen and oxygen atoms in total. The molecule has 0 aromatic heterocycles. The maximum atomic E-state index is 12.9. The molecular weight excluding hydrogens is 388 g/mol. The summed E-state index contributed by atoms with van der Waals surface area (Å²) in [5, 5.41) is 4.49. The van der Waals surface area contributed by atoms with Gasteiger partial charge < -0.3 is 10.1 Å². The summed E-state index contributed by atoms with van der Waals surface area (Å²) in [5.41, 5.74) is 1.34. The van der Waals surface area contributed by atoms with Gasteiger partial charge in [0.25, 0.3) is 10.0 Å². The molecule has 3 aromatic rings. The summed E-state index contributed by atoms with van der Waals surface area (Å²) in [6, 6.07) is 18.1. The lowest BCUT2D eigenvalue weighted by Gasteiger charge is -2.18. The van der Waals surface area contributed by atoms with Crippen LogP contribution in [0.15, 0.2) is 65.6 Å². The van der Waals surface area contributed by atoms with Crippen LogP contribution in [-0.2, 0) is 14.8 Å². The molecule has 0 radical (unpaired) electrons. The molecule has 0 spiro atoms. The quantitative estimate of drug-likeness (QED) is 0.634. The second-order valence-electron chi connectivity index (χ2n) is 6.82. The zero-order chi connectivity index (χ0) is 20.4. The van der Waals surface area contributed by atoms with E-state index in [2.05, 4.69) is 5.32 Å². The lowest BCUT2D eigenvalue weighted by Crippen LogP contribution is -2.28. The van der Waals surface area contributed by atoms with Crippen LogP contribution >= 0.6 is 0 Å². The van der Waals surface area contributed by atoms with Crippen molar-refractivity contribution in [1.29, 1.82) is 0 Å². The molecule has 0 atom stereocenters. The number of amides is 1. The third-order valence-electron chi connectivity index (χ3n) is 4.88. The van der Waals surface area contributed by atoms with Crippen LogP contribution in [0.5, 0.6) is 5.75 Å². The van der Waals surface area contributed by atoms with E-state index >= 15 is 0 Å². The van der Waals surface area contributed by atoms with Crippen LogP contribution < -0.4 is 14.4 Å². The second-order valence-corrected chi connectivity index (χ2v) is 8.65. The van der Waals surface area contributed by atoms with Crippen molar-refractivity contribution >= 4 is 38.1 Å². The minimum Gasteiger partial charge on any atom is -0.494 e. The van der Waals surface area contributed by atoms with Crippen molar-refractivity contribution in [2.75, 3.05) is 22.8 Å². The Bertz CT molecular complexity index is 1170. The Balaban J connectivity index is 1.42. The predicted molar refractivity (Wildman–Crippen MR) is 114 cm³/mol. The second kappa shape index (κ2) is 7.75. The number of nitrogens with zero attached hydrogens (tertiary/aromatic N) is 1. The fourth-order valence-corrected chi connectivity index (χ4v) is 5.38. The van der Waals surface area contributed by atoms with E-state index in [0.717, 1.165) is 10.8 Å². The molecule has 150 valence electrons. The number of nitrogens with one attached hydrogen (secondary N) is 1. The van der Waals surface area contributed by atoms with Gasteiger partial charge >= 0.3 is 0 Å². The van der Waals surface area contributed by atoms with Crippen molar-refractivity contribution in [3.05, 3.63) is 60.7 Å². The predicted octanol–water partition coefficient (Wildman–Crippen LogP) is 4.17. The van der Waals surface area contributed by atoms with Crippen LogP contribution in [0.1, 0.15) is 19.8 Å². The molecule has 0 aliphatic carbocycles. The highest BCUT2D eigenvalue weighted by Gasteiger charge is 2.34. The van der Waals surface area contributed by atoms with E-state index in [0.29, 0.717) is 35.0 Å². The number of ether oxygens (including phenoxy) is 1. The van der Waals surface area contributed by atoms with Gasteiger partial charge in [0.05, 0.1) is 17.2 Å². The Kier molecular flexibility index (Phi) is 5.15. The summed E-state index contributed by atoms with van der Waals surface area (Å²) in [6.45, 7) is 2.70. The van der Waals surface area contributed by atoms with E-state index in [1.54, 1.807) is 24.3 Å². The summed E-state index contributed by atoms with van der Waals surface area (Å²) in [7, 11) is -3.58. The molecule has 3 aromatic carbocycles. The van der Waals surface area contributed by atoms with Gasteiger partial charge in [0.1, 0.15) is 5.75 Å². The number of benzene rings is 3. The van der Waals surface area contributed by atoms with Crippen molar-refractivity contribution in [2.45, 2.75) is 24.7 Å². The average molecular weight is 410 g/mol. The van der Waals surface area contributed by atoms with E-state index < -0.39 is 10.0 Å². The Morgan fingerprint density at radius 2 is 1.83 bits per heavy atom. The molecule has 1 aliphatic rings. The Morgan fingerprint density at radius 3 is 2.62 bits per heavy atom. The molecule has 1 amide bonds.